The van der Waals surface area contributed by atoms with Gasteiger partial charge in [0.2, 0.25) is 11.8 Å². The van der Waals surface area contributed by atoms with E-state index in [4.69, 9.17) is 23.2 Å². The summed E-state index contributed by atoms with van der Waals surface area (Å²) in [7, 11) is 0. The van der Waals surface area contributed by atoms with Gasteiger partial charge >= 0.3 is 6.18 Å². The Hall–Kier alpha value is -2.25. The fraction of sp³-hybridized carbons (Fsp3) is 0.222. The van der Waals surface area contributed by atoms with Crippen LogP contribution in [0.15, 0.2) is 42.5 Å². The molecular weight excluding hydrogens is 404 g/mol. The van der Waals surface area contributed by atoms with E-state index in [2.05, 4.69) is 5.32 Å². The molecular formula is C18H13Cl2F3N2O2. The number of benzene rings is 2. The minimum atomic E-state index is -4.51. The van der Waals surface area contributed by atoms with Gasteiger partial charge in [0.25, 0.3) is 0 Å². The van der Waals surface area contributed by atoms with E-state index in [9.17, 15) is 22.8 Å². The molecule has 2 aromatic rings. The minimum absolute atomic E-state index is 0.0153. The van der Waals surface area contributed by atoms with E-state index in [-0.39, 0.29) is 34.6 Å². The van der Waals surface area contributed by atoms with Crippen molar-refractivity contribution in [1.29, 1.82) is 0 Å². The van der Waals surface area contributed by atoms with Crippen molar-refractivity contribution in [2.75, 3.05) is 16.8 Å². The van der Waals surface area contributed by atoms with Crippen molar-refractivity contribution in [3.05, 3.63) is 58.1 Å². The Morgan fingerprint density at radius 1 is 1.15 bits per heavy atom. The maximum atomic E-state index is 12.8. The summed E-state index contributed by atoms with van der Waals surface area (Å²) in [6.07, 6.45) is -4.59. The van der Waals surface area contributed by atoms with Gasteiger partial charge in [0.1, 0.15) is 0 Å². The van der Waals surface area contributed by atoms with Gasteiger partial charge in [0.15, 0.2) is 0 Å². The lowest BCUT2D eigenvalue weighted by Crippen LogP contribution is -2.28. The molecule has 1 aliphatic rings. The number of hydrogen-bond donors (Lipinski definition) is 1. The average Bonchev–Trinajstić information content (AvgIpc) is 2.99. The second kappa shape index (κ2) is 7.40. The van der Waals surface area contributed by atoms with Gasteiger partial charge in [0.05, 0.1) is 27.2 Å². The first-order valence-corrected chi connectivity index (χ1v) is 8.65. The number of amides is 2. The molecule has 1 N–H and O–H groups in total. The van der Waals surface area contributed by atoms with Gasteiger partial charge in [-0.1, -0.05) is 35.3 Å². The summed E-state index contributed by atoms with van der Waals surface area (Å²) >= 11 is 12.1. The smallest absolute Gasteiger partial charge is 0.326 e. The number of anilines is 2. The molecule has 9 heteroatoms. The zero-order valence-corrected chi connectivity index (χ0v) is 15.2. The van der Waals surface area contributed by atoms with Gasteiger partial charge in [0, 0.05) is 18.7 Å². The lowest BCUT2D eigenvalue weighted by atomic mass is 10.1. The number of nitrogens with zero attached hydrogens (tertiary/aromatic N) is 1. The lowest BCUT2D eigenvalue weighted by molar-refractivity contribution is -0.137. The fourth-order valence-corrected chi connectivity index (χ4v) is 3.23. The van der Waals surface area contributed by atoms with Crippen LogP contribution in [0.25, 0.3) is 0 Å². The average molecular weight is 417 g/mol. The van der Waals surface area contributed by atoms with Crippen molar-refractivity contribution in [3.63, 3.8) is 0 Å². The standard InChI is InChI=1S/C18H13Cl2F3N2O2/c19-13-5-2-6-14(16(13)20)25-9-10(7-15(25)26)17(27)24-12-4-1-3-11(8-12)18(21,22)23/h1-6,8,10H,7,9H2,(H,24,27)/t10-/m0/s1. The molecule has 1 fully saturated rings. The third kappa shape index (κ3) is 4.20. The molecule has 4 nitrogen and oxygen atoms in total. The van der Waals surface area contributed by atoms with E-state index >= 15 is 0 Å². The van der Waals surface area contributed by atoms with Gasteiger partial charge in [-0.25, -0.2) is 0 Å². The zero-order valence-electron chi connectivity index (χ0n) is 13.7. The van der Waals surface area contributed by atoms with Gasteiger partial charge in [-0.2, -0.15) is 13.2 Å². The van der Waals surface area contributed by atoms with E-state index < -0.39 is 23.6 Å². The van der Waals surface area contributed by atoms with E-state index in [1.807, 2.05) is 0 Å². The first-order chi connectivity index (χ1) is 12.7. The number of rotatable bonds is 3. The highest BCUT2D eigenvalue weighted by Crippen LogP contribution is 2.36. The predicted molar refractivity (Wildman–Crippen MR) is 97.0 cm³/mol. The summed E-state index contributed by atoms with van der Waals surface area (Å²) in [6.45, 7) is 0.0592. The number of nitrogens with one attached hydrogen (secondary N) is 1. The molecule has 0 spiro atoms. The molecule has 2 amide bonds. The van der Waals surface area contributed by atoms with Crippen LogP contribution in [0, 0.1) is 5.92 Å². The van der Waals surface area contributed by atoms with Crippen LogP contribution in [0.2, 0.25) is 10.0 Å². The van der Waals surface area contributed by atoms with E-state index in [0.29, 0.717) is 5.69 Å². The summed E-state index contributed by atoms with van der Waals surface area (Å²) in [4.78, 5) is 26.1. The quantitative estimate of drug-likeness (QED) is 0.764. The summed E-state index contributed by atoms with van der Waals surface area (Å²) in [5.41, 5.74) is -0.458. The molecule has 0 bridgehead atoms. The Bertz CT molecular complexity index is 902. The summed E-state index contributed by atoms with van der Waals surface area (Å²) in [6, 6.07) is 9.14. The Balaban J connectivity index is 1.74. The van der Waals surface area contributed by atoms with Crippen LogP contribution < -0.4 is 10.2 Å². The highest BCUT2D eigenvalue weighted by atomic mass is 35.5. The molecule has 1 heterocycles. The van der Waals surface area contributed by atoms with Crippen LogP contribution in [0.1, 0.15) is 12.0 Å². The highest BCUT2D eigenvalue weighted by molar-refractivity contribution is 6.44. The molecule has 0 saturated carbocycles. The second-order valence-electron chi connectivity index (χ2n) is 6.05. The van der Waals surface area contributed by atoms with Crippen molar-refractivity contribution >= 4 is 46.4 Å². The summed E-state index contributed by atoms with van der Waals surface area (Å²) in [5, 5.41) is 2.92. The van der Waals surface area contributed by atoms with Crippen LogP contribution in [0.5, 0.6) is 0 Å². The molecule has 3 rings (SSSR count). The van der Waals surface area contributed by atoms with Crippen LogP contribution >= 0.6 is 23.2 Å². The van der Waals surface area contributed by atoms with Gasteiger partial charge in [-0.05, 0) is 30.3 Å². The molecule has 0 unspecified atom stereocenters. The van der Waals surface area contributed by atoms with E-state index in [1.54, 1.807) is 18.2 Å². The Labute approximate surface area is 162 Å². The summed E-state index contributed by atoms with van der Waals surface area (Å²) < 4.78 is 38.3. The number of halogens is 5. The van der Waals surface area contributed by atoms with Crippen molar-refractivity contribution in [3.8, 4) is 0 Å². The van der Waals surface area contributed by atoms with Gasteiger partial charge in [-0.15, -0.1) is 0 Å². The molecule has 1 aliphatic heterocycles. The molecule has 142 valence electrons. The van der Waals surface area contributed by atoms with Crippen LogP contribution in [-0.4, -0.2) is 18.4 Å². The number of carbonyl (C=O) groups excluding carboxylic acids is 2. The van der Waals surface area contributed by atoms with Crippen molar-refractivity contribution < 1.29 is 22.8 Å². The predicted octanol–water partition coefficient (Wildman–Crippen LogP) is 5.00. The molecule has 0 aromatic heterocycles. The number of alkyl halides is 3. The first kappa shape index (κ1) is 19.5. The first-order valence-electron chi connectivity index (χ1n) is 7.89. The highest BCUT2D eigenvalue weighted by Gasteiger charge is 2.36. The molecule has 1 atom stereocenters. The maximum Gasteiger partial charge on any atom is 0.416 e. The largest absolute Gasteiger partial charge is 0.416 e. The monoisotopic (exact) mass is 416 g/mol. The van der Waals surface area contributed by atoms with Crippen molar-refractivity contribution in [2.45, 2.75) is 12.6 Å². The van der Waals surface area contributed by atoms with Crippen LogP contribution in [-0.2, 0) is 15.8 Å². The second-order valence-corrected chi connectivity index (χ2v) is 6.83. The Kier molecular flexibility index (Phi) is 5.35. The molecule has 27 heavy (non-hydrogen) atoms. The lowest BCUT2D eigenvalue weighted by Gasteiger charge is -2.18. The van der Waals surface area contributed by atoms with Crippen LogP contribution in [0.3, 0.4) is 0 Å². The van der Waals surface area contributed by atoms with E-state index in [0.717, 1.165) is 12.1 Å². The normalized spacial score (nSPS) is 17.3. The van der Waals surface area contributed by atoms with Gasteiger partial charge < -0.3 is 10.2 Å². The topological polar surface area (TPSA) is 49.4 Å². The molecule has 2 aromatic carbocycles. The number of hydrogen-bond acceptors (Lipinski definition) is 2. The molecule has 0 radical (unpaired) electrons. The third-order valence-electron chi connectivity index (χ3n) is 4.18. The Morgan fingerprint density at radius 3 is 2.56 bits per heavy atom. The van der Waals surface area contributed by atoms with Crippen molar-refractivity contribution in [1.82, 2.24) is 0 Å². The third-order valence-corrected chi connectivity index (χ3v) is 4.98. The molecule has 1 saturated heterocycles. The fourth-order valence-electron chi connectivity index (χ4n) is 2.83. The van der Waals surface area contributed by atoms with Crippen molar-refractivity contribution in [2.24, 2.45) is 5.92 Å². The SMILES string of the molecule is O=C(Nc1cccc(C(F)(F)F)c1)[C@H]1CC(=O)N(c2cccc(Cl)c2Cl)C1. The summed E-state index contributed by atoms with van der Waals surface area (Å²) in [5.74, 6) is -1.58. The zero-order chi connectivity index (χ0) is 19.8. The number of carbonyl (C=O) groups is 2. The maximum absolute atomic E-state index is 12.8. The van der Waals surface area contributed by atoms with Crippen LogP contribution in [0.4, 0.5) is 24.5 Å². The Morgan fingerprint density at radius 2 is 1.85 bits per heavy atom. The van der Waals surface area contributed by atoms with E-state index in [1.165, 1.54) is 17.0 Å². The van der Waals surface area contributed by atoms with Gasteiger partial charge in [-0.3, -0.25) is 9.59 Å². The molecule has 0 aliphatic carbocycles. The minimum Gasteiger partial charge on any atom is -0.326 e.